The number of hydrogen-bond donors (Lipinski definition) is 1. The molecule has 0 aliphatic carbocycles. The highest BCUT2D eigenvalue weighted by molar-refractivity contribution is 6.42. The van der Waals surface area contributed by atoms with Crippen molar-refractivity contribution >= 4 is 35.0 Å². The normalized spacial score (nSPS) is 11.6. The summed E-state index contributed by atoms with van der Waals surface area (Å²) < 4.78 is 10.6. The first-order valence-corrected chi connectivity index (χ1v) is 11.8. The van der Waals surface area contributed by atoms with Crippen LogP contribution in [0.5, 0.6) is 11.5 Å². The minimum absolute atomic E-state index is 0.116. The number of carbonyl (C=O) groups is 2. The molecule has 33 heavy (non-hydrogen) atoms. The second-order valence-electron chi connectivity index (χ2n) is 7.67. The molecule has 0 aliphatic rings. The topological polar surface area (TPSA) is 67.9 Å². The molecule has 2 amide bonds. The Morgan fingerprint density at radius 1 is 0.970 bits per heavy atom. The fourth-order valence-electron chi connectivity index (χ4n) is 3.55. The third-order valence-corrected chi connectivity index (χ3v) is 6.09. The van der Waals surface area contributed by atoms with Gasteiger partial charge in [0.1, 0.15) is 6.04 Å². The fraction of sp³-hybridized carbons (Fsp3) is 0.440. The van der Waals surface area contributed by atoms with Gasteiger partial charge in [0, 0.05) is 19.5 Å². The quantitative estimate of drug-likeness (QED) is 0.435. The first kappa shape index (κ1) is 26.8. The van der Waals surface area contributed by atoms with Crippen molar-refractivity contribution in [3.8, 4) is 11.5 Å². The minimum Gasteiger partial charge on any atom is -0.493 e. The van der Waals surface area contributed by atoms with E-state index in [2.05, 4.69) is 5.32 Å². The van der Waals surface area contributed by atoms with E-state index < -0.39 is 6.04 Å². The number of amides is 2. The van der Waals surface area contributed by atoms with Gasteiger partial charge in [-0.15, -0.1) is 0 Å². The first-order chi connectivity index (χ1) is 15.8. The van der Waals surface area contributed by atoms with Crippen molar-refractivity contribution in [1.29, 1.82) is 0 Å². The maximum atomic E-state index is 13.4. The third kappa shape index (κ3) is 7.54. The Hall–Kier alpha value is -2.44. The van der Waals surface area contributed by atoms with Crippen molar-refractivity contribution in [2.24, 2.45) is 0 Å². The van der Waals surface area contributed by atoms with Crippen molar-refractivity contribution in [2.45, 2.75) is 52.1 Å². The third-order valence-electron chi connectivity index (χ3n) is 5.35. The van der Waals surface area contributed by atoms with Crippen LogP contribution < -0.4 is 14.8 Å². The van der Waals surface area contributed by atoms with Crippen LogP contribution in [0.2, 0.25) is 10.0 Å². The SMILES string of the molecule is CCCNC(=O)[C@@H](CC)N(Cc1ccc(Cl)c(Cl)c1)C(=O)CCc1ccc(OC)c(OC)c1. The summed E-state index contributed by atoms with van der Waals surface area (Å²) in [5.41, 5.74) is 1.75. The highest BCUT2D eigenvalue weighted by atomic mass is 35.5. The predicted octanol–water partition coefficient (Wildman–Crippen LogP) is 5.28. The van der Waals surface area contributed by atoms with Crippen LogP contribution in [0.4, 0.5) is 0 Å². The summed E-state index contributed by atoms with van der Waals surface area (Å²) >= 11 is 12.2. The van der Waals surface area contributed by atoms with Crippen LogP contribution >= 0.6 is 23.2 Å². The Bertz CT molecular complexity index is 952. The minimum atomic E-state index is -0.580. The Morgan fingerprint density at radius 2 is 1.67 bits per heavy atom. The molecular formula is C25H32Cl2N2O4. The molecular weight excluding hydrogens is 463 g/mol. The summed E-state index contributed by atoms with van der Waals surface area (Å²) in [6, 6.07) is 10.3. The van der Waals surface area contributed by atoms with Crippen LogP contribution in [-0.4, -0.2) is 43.5 Å². The number of nitrogens with zero attached hydrogens (tertiary/aromatic N) is 1. The van der Waals surface area contributed by atoms with Gasteiger partial charge in [-0.1, -0.05) is 49.2 Å². The van der Waals surface area contributed by atoms with Crippen molar-refractivity contribution in [1.82, 2.24) is 10.2 Å². The lowest BCUT2D eigenvalue weighted by atomic mass is 10.1. The maximum Gasteiger partial charge on any atom is 0.242 e. The highest BCUT2D eigenvalue weighted by Gasteiger charge is 2.28. The number of ether oxygens (including phenoxy) is 2. The van der Waals surface area contributed by atoms with Crippen molar-refractivity contribution < 1.29 is 19.1 Å². The lowest BCUT2D eigenvalue weighted by Gasteiger charge is -2.31. The molecule has 0 radical (unpaired) electrons. The van der Waals surface area contributed by atoms with Crippen LogP contribution in [0.1, 0.15) is 44.2 Å². The van der Waals surface area contributed by atoms with E-state index in [1.54, 1.807) is 31.3 Å². The molecule has 0 saturated carbocycles. The molecule has 0 saturated heterocycles. The number of methoxy groups -OCH3 is 2. The number of hydrogen-bond acceptors (Lipinski definition) is 4. The molecule has 2 aromatic carbocycles. The molecule has 0 fully saturated rings. The lowest BCUT2D eigenvalue weighted by Crippen LogP contribution is -2.49. The fourth-order valence-corrected chi connectivity index (χ4v) is 3.87. The average molecular weight is 495 g/mol. The highest BCUT2D eigenvalue weighted by Crippen LogP contribution is 2.28. The van der Waals surface area contributed by atoms with Crippen LogP contribution in [0, 0.1) is 0 Å². The van der Waals surface area contributed by atoms with E-state index in [9.17, 15) is 9.59 Å². The molecule has 0 aliphatic heterocycles. The van der Waals surface area contributed by atoms with E-state index in [1.807, 2.05) is 38.1 Å². The van der Waals surface area contributed by atoms with E-state index in [-0.39, 0.29) is 24.8 Å². The van der Waals surface area contributed by atoms with E-state index in [0.717, 1.165) is 17.5 Å². The first-order valence-electron chi connectivity index (χ1n) is 11.1. The van der Waals surface area contributed by atoms with E-state index in [1.165, 1.54) is 0 Å². The predicted molar refractivity (Wildman–Crippen MR) is 132 cm³/mol. The largest absolute Gasteiger partial charge is 0.493 e. The van der Waals surface area contributed by atoms with E-state index in [4.69, 9.17) is 32.7 Å². The van der Waals surface area contributed by atoms with Gasteiger partial charge in [-0.25, -0.2) is 0 Å². The number of nitrogens with one attached hydrogen (secondary N) is 1. The standard InChI is InChI=1S/C25H32Cl2N2O4/c1-5-13-28-25(31)21(6-2)29(16-18-7-10-19(26)20(27)14-18)24(30)12-9-17-8-11-22(32-3)23(15-17)33-4/h7-8,10-11,14-15,21H,5-6,9,12-13,16H2,1-4H3,(H,28,31)/t21-/m1/s1. The number of benzene rings is 2. The molecule has 8 heteroatoms. The molecule has 180 valence electrons. The lowest BCUT2D eigenvalue weighted by molar-refractivity contribution is -0.141. The second-order valence-corrected chi connectivity index (χ2v) is 8.49. The molecule has 2 rings (SSSR count). The zero-order valence-electron chi connectivity index (χ0n) is 19.6. The van der Waals surface area contributed by atoms with Crippen molar-refractivity contribution in [2.75, 3.05) is 20.8 Å². The van der Waals surface area contributed by atoms with Gasteiger partial charge in [0.05, 0.1) is 24.3 Å². The number of carbonyl (C=O) groups excluding carboxylic acids is 2. The van der Waals surface area contributed by atoms with Crippen LogP contribution in [-0.2, 0) is 22.6 Å². The summed E-state index contributed by atoms with van der Waals surface area (Å²) in [7, 11) is 3.16. The monoisotopic (exact) mass is 494 g/mol. The van der Waals surface area contributed by atoms with Gasteiger partial charge in [-0.05, 0) is 54.7 Å². The molecule has 2 aromatic rings. The van der Waals surface area contributed by atoms with Crippen LogP contribution in [0.25, 0.3) is 0 Å². The van der Waals surface area contributed by atoms with Gasteiger partial charge in [-0.2, -0.15) is 0 Å². The van der Waals surface area contributed by atoms with Gasteiger partial charge < -0.3 is 19.7 Å². The van der Waals surface area contributed by atoms with Crippen molar-refractivity contribution in [3.05, 3.63) is 57.6 Å². The van der Waals surface area contributed by atoms with Gasteiger partial charge in [0.2, 0.25) is 11.8 Å². The van der Waals surface area contributed by atoms with Gasteiger partial charge in [0.25, 0.3) is 0 Å². The number of rotatable bonds is 12. The van der Waals surface area contributed by atoms with Crippen LogP contribution in [0.15, 0.2) is 36.4 Å². The van der Waals surface area contributed by atoms with Crippen molar-refractivity contribution in [3.63, 3.8) is 0 Å². The van der Waals surface area contributed by atoms with Gasteiger partial charge in [0.15, 0.2) is 11.5 Å². The Balaban J connectivity index is 2.24. The number of halogens is 2. The number of aryl methyl sites for hydroxylation is 1. The summed E-state index contributed by atoms with van der Waals surface area (Å²) in [4.78, 5) is 27.8. The van der Waals surface area contributed by atoms with E-state index in [0.29, 0.717) is 40.9 Å². The molecule has 0 heterocycles. The van der Waals surface area contributed by atoms with Gasteiger partial charge in [-0.3, -0.25) is 9.59 Å². The van der Waals surface area contributed by atoms with Gasteiger partial charge >= 0.3 is 0 Å². The summed E-state index contributed by atoms with van der Waals surface area (Å²) in [5.74, 6) is 0.973. The zero-order valence-corrected chi connectivity index (χ0v) is 21.1. The molecule has 1 atom stereocenters. The smallest absolute Gasteiger partial charge is 0.242 e. The van der Waals surface area contributed by atoms with E-state index >= 15 is 0 Å². The molecule has 0 bridgehead atoms. The molecule has 0 aromatic heterocycles. The van der Waals surface area contributed by atoms with Crippen LogP contribution in [0.3, 0.4) is 0 Å². The summed E-state index contributed by atoms with van der Waals surface area (Å²) in [5, 5.41) is 3.77. The molecule has 0 spiro atoms. The summed E-state index contributed by atoms with van der Waals surface area (Å²) in [6.07, 6.45) is 2.07. The Labute approximate surface area is 206 Å². The Morgan fingerprint density at radius 3 is 2.27 bits per heavy atom. The zero-order chi connectivity index (χ0) is 24.4. The maximum absolute atomic E-state index is 13.4. The second kappa shape index (κ2) is 13.3. The summed E-state index contributed by atoms with van der Waals surface area (Å²) in [6.45, 7) is 4.72. The molecule has 0 unspecified atom stereocenters. The molecule has 1 N–H and O–H groups in total. The molecule has 6 nitrogen and oxygen atoms in total. The average Bonchev–Trinajstić information content (AvgIpc) is 2.82. The Kier molecular flexibility index (Phi) is 10.8.